The van der Waals surface area contributed by atoms with Gasteiger partial charge in [-0.3, -0.25) is 9.89 Å². The highest BCUT2D eigenvalue weighted by Crippen LogP contribution is 2.25. The molecular formula is C25H27N5O. The van der Waals surface area contributed by atoms with E-state index in [2.05, 4.69) is 45.7 Å². The number of aryl methyl sites for hydroxylation is 2. The molecule has 0 spiro atoms. The van der Waals surface area contributed by atoms with E-state index in [0.29, 0.717) is 11.6 Å². The number of H-pyrrole nitrogens is 1. The predicted octanol–water partition coefficient (Wildman–Crippen LogP) is 4.60. The maximum absolute atomic E-state index is 13.0. The number of fused-ring (bicyclic) bond motifs is 1. The minimum atomic E-state index is 0.0345. The molecule has 1 aliphatic rings. The summed E-state index contributed by atoms with van der Waals surface area (Å²) < 4.78 is 2.27. The lowest BCUT2D eigenvalue weighted by Crippen LogP contribution is -2.39. The van der Waals surface area contributed by atoms with Gasteiger partial charge in [0.2, 0.25) is 0 Å². The summed E-state index contributed by atoms with van der Waals surface area (Å²) in [5, 5.41) is 7.25. The van der Waals surface area contributed by atoms with Crippen LogP contribution in [0.2, 0.25) is 0 Å². The highest BCUT2D eigenvalue weighted by molar-refractivity contribution is 5.93. The molecule has 0 unspecified atom stereocenters. The number of amides is 1. The molecule has 3 heterocycles. The van der Waals surface area contributed by atoms with Crippen LogP contribution in [-0.2, 0) is 6.54 Å². The average molecular weight is 414 g/mol. The van der Waals surface area contributed by atoms with E-state index in [1.165, 1.54) is 16.6 Å². The van der Waals surface area contributed by atoms with E-state index < -0.39 is 0 Å². The van der Waals surface area contributed by atoms with Crippen LogP contribution in [-0.4, -0.2) is 43.6 Å². The minimum absolute atomic E-state index is 0.0345. The molecule has 1 amide bonds. The van der Waals surface area contributed by atoms with Gasteiger partial charge in [0.1, 0.15) is 5.69 Å². The SMILES string of the molecule is Cc1cc2ncn(CC3CCN(C(=O)c4cc(-c5ccccc5)n[nH]4)CC3)c2cc1C. The summed E-state index contributed by atoms with van der Waals surface area (Å²) in [6, 6.07) is 16.2. The zero-order valence-electron chi connectivity index (χ0n) is 18.0. The smallest absolute Gasteiger partial charge is 0.271 e. The maximum atomic E-state index is 13.0. The summed E-state index contributed by atoms with van der Waals surface area (Å²) in [5.74, 6) is 0.581. The summed E-state index contributed by atoms with van der Waals surface area (Å²) in [6.07, 6.45) is 3.95. The van der Waals surface area contributed by atoms with Crippen molar-refractivity contribution < 1.29 is 4.79 Å². The number of aromatic amines is 1. The second kappa shape index (κ2) is 8.02. The van der Waals surface area contributed by atoms with Crippen LogP contribution in [0.4, 0.5) is 0 Å². The number of rotatable bonds is 4. The molecule has 1 N–H and O–H groups in total. The summed E-state index contributed by atoms with van der Waals surface area (Å²) in [7, 11) is 0. The molecule has 2 aromatic carbocycles. The van der Waals surface area contributed by atoms with Gasteiger partial charge in [0.05, 0.1) is 23.1 Å². The van der Waals surface area contributed by atoms with Crippen LogP contribution in [0.15, 0.2) is 54.9 Å². The van der Waals surface area contributed by atoms with Gasteiger partial charge in [-0.2, -0.15) is 5.10 Å². The molecule has 0 saturated carbocycles. The fraction of sp³-hybridized carbons (Fsp3) is 0.320. The van der Waals surface area contributed by atoms with Gasteiger partial charge >= 0.3 is 0 Å². The number of hydrogen-bond acceptors (Lipinski definition) is 3. The number of nitrogens with one attached hydrogen (secondary N) is 1. The Labute approximate surface area is 181 Å². The Bertz CT molecular complexity index is 1220. The summed E-state index contributed by atoms with van der Waals surface area (Å²) in [4.78, 5) is 19.5. The van der Waals surface area contributed by atoms with E-state index in [1.807, 2.05) is 47.6 Å². The number of imidazole rings is 1. The minimum Gasteiger partial charge on any atom is -0.337 e. The van der Waals surface area contributed by atoms with Gasteiger partial charge in [-0.1, -0.05) is 30.3 Å². The van der Waals surface area contributed by atoms with Crippen molar-refractivity contribution in [1.82, 2.24) is 24.6 Å². The van der Waals surface area contributed by atoms with Gasteiger partial charge in [0, 0.05) is 25.2 Å². The normalized spacial score (nSPS) is 15.0. The van der Waals surface area contributed by atoms with Crippen LogP contribution < -0.4 is 0 Å². The first kappa shape index (κ1) is 19.5. The molecule has 0 aliphatic carbocycles. The van der Waals surface area contributed by atoms with Gasteiger partial charge in [-0.15, -0.1) is 0 Å². The Morgan fingerprint density at radius 3 is 2.58 bits per heavy atom. The third-order valence-corrected chi connectivity index (χ3v) is 6.47. The molecule has 31 heavy (non-hydrogen) atoms. The summed E-state index contributed by atoms with van der Waals surface area (Å²) in [5.41, 5.74) is 7.20. The topological polar surface area (TPSA) is 66.8 Å². The van der Waals surface area contributed by atoms with E-state index in [0.717, 1.165) is 49.2 Å². The molecule has 158 valence electrons. The van der Waals surface area contributed by atoms with Crippen LogP contribution in [0.3, 0.4) is 0 Å². The molecule has 6 heteroatoms. The third kappa shape index (κ3) is 3.85. The summed E-state index contributed by atoms with van der Waals surface area (Å²) in [6.45, 7) is 6.77. The second-order valence-corrected chi connectivity index (χ2v) is 8.59. The Kier molecular flexibility index (Phi) is 5.06. The fourth-order valence-electron chi connectivity index (χ4n) is 4.41. The van der Waals surface area contributed by atoms with Crippen molar-refractivity contribution in [3.05, 3.63) is 71.7 Å². The molecule has 6 nitrogen and oxygen atoms in total. The lowest BCUT2D eigenvalue weighted by Gasteiger charge is -2.32. The standard InChI is InChI=1S/C25H27N5O/c1-17-12-22-24(13-18(17)2)30(16-26-22)15-19-8-10-29(11-9-19)25(31)23-14-21(27-28-23)20-6-4-3-5-7-20/h3-7,12-14,16,19H,8-11,15H2,1-2H3,(H,27,28). The number of piperidine rings is 1. The first-order valence-corrected chi connectivity index (χ1v) is 10.9. The van der Waals surface area contributed by atoms with Gasteiger partial charge in [-0.05, 0) is 61.9 Å². The number of nitrogens with zero attached hydrogens (tertiary/aromatic N) is 4. The first-order valence-electron chi connectivity index (χ1n) is 10.9. The predicted molar refractivity (Wildman–Crippen MR) is 122 cm³/mol. The highest BCUT2D eigenvalue weighted by atomic mass is 16.2. The molecule has 0 atom stereocenters. The average Bonchev–Trinajstić information content (AvgIpc) is 3.43. The molecule has 1 fully saturated rings. The quantitative estimate of drug-likeness (QED) is 0.532. The Hall–Kier alpha value is -3.41. The van der Waals surface area contributed by atoms with Crippen molar-refractivity contribution in [2.75, 3.05) is 13.1 Å². The third-order valence-electron chi connectivity index (χ3n) is 6.47. The second-order valence-electron chi connectivity index (χ2n) is 8.59. The van der Waals surface area contributed by atoms with Gasteiger partial charge in [-0.25, -0.2) is 4.98 Å². The first-order chi connectivity index (χ1) is 15.1. The molecule has 4 aromatic rings. The van der Waals surface area contributed by atoms with Gasteiger partial charge in [0.25, 0.3) is 5.91 Å². The van der Waals surface area contributed by atoms with Gasteiger partial charge < -0.3 is 9.47 Å². The lowest BCUT2D eigenvalue weighted by molar-refractivity contribution is 0.0677. The fourth-order valence-corrected chi connectivity index (χ4v) is 4.41. The van der Waals surface area contributed by atoms with Crippen molar-refractivity contribution >= 4 is 16.9 Å². The molecule has 5 rings (SSSR count). The van der Waals surface area contributed by atoms with Crippen molar-refractivity contribution in [2.45, 2.75) is 33.2 Å². The maximum Gasteiger partial charge on any atom is 0.271 e. The van der Waals surface area contributed by atoms with E-state index in [9.17, 15) is 4.79 Å². The van der Waals surface area contributed by atoms with E-state index in [-0.39, 0.29) is 5.91 Å². The van der Waals surface area contributed by atoms with Crippen LogP contribution in [0.25, 0.3) is 22.3 Å². The van der Waals surface area contributed by atoms with E-state index >= 15 is 0 Å². The number of benzene rings is 2. The zero-order valence-corrected chi connectivity index (χ0v) is 18.0. The van der Waals surface area contributed by atoms with E-state index in [4.69, 9.17) is 0 Å². The summed E-state index contributed by atoms with van der Waals surface area (Å²) >= 11 is 0. The number of carbonyl (C=O) groups is 1. The lowest BCUT2D eigenvalue weighted by atomic mass is 9.96. The van der Waals surface area contributed by atoms with Crippen LogP contribution in [0, 0.1) is 19.8 Å². The number of aromatic nitrogens is 4. The molecule has 0 radical (unpaired) electrons. The molecule has 2 aromatic heterocycles. The van der Waals surface area contributed by atoms with Crippen molar-refractivity contribution in [3.8, 4) is 11.3 Å². The highest BCUT2D eigenvalue weighted by Gasteiger charge is 2.25. The molecular weight excluding hydrogens is 386 g/mol. The molecule has 0 bridgehead atoms. The number of likely N-dealkylation sites (tertiary alicyclic amines) is 1. The van der Waals surface area contributed by atoms with E-state index in [1.54, 1.807) is 0 Å². The van der Waals surface area contributed by atoms with Gasteiger partial charge in [0.15, 0.2) is 0 Å². The van der Waals surface area contributed by atoms with Crippen LogP contribution >= 0.6 is 0 Å². The van der Waals surface area contributed by atoms with Crippen LogP contribution in [0.5, 0.6) is 0 Å². The Morgan fingerprint density at radius 2 is 1.81 bits per heavy atom. The zero-order chi connectivity index (χ0) is 21.4. The van der Waals surface area contributed by atoms with Crippen molar-refractivity contribution in [1.29, 1.82) is 0 Å². The molecule has 1 saturated heterocycles. The number of hydrogen-bond donors (Lipinski definition) is 1. The monoisotopic (exact) mass is 413 g/mol. The Balaban J connectivity index is 1.22. The van der Waals surface area contributed by atoms with Crippen molar-refractivity contribution in [3.63, 3.8) is 0 Å². The van der Waals surface area contributed by atoms with Crippen molar-refractivity contribution in [2.24, 2.45) is 5.92 Å². The number of carbonyl (C=O) groups excluding carboxylic acids is 1. The Morgan fingerprint density at radius 1 is 1.06 bits per heavy atom. The largest absolute Gasteiger partial charge is 0.337 e. The van der Waals surface area contributed by atoms with Crippen LogP contribution in [0.1, 0.15) is 34.5 Å². The molecule has 1 aliphatic heterocycles.